The van der Waals surface area contributed by atoms with Gasteiger partial charge in [-0.1, -0.05) is 46.7 Å². The number of aromatic nitrogens is 1. The number of hydrogen-bond donors (Lipinski definition) is 0. The van der Waals surface area contributed by atoms with E-state index in [1.807, 2.05) is 38.1 Å². The Bertz CT molecular complexity index is 963. The van der Waals surface area contributed by atoms with Gasteiger partial charge in [0.15, 0.2) is 5.13 Å². The number of halogens is 1. The molecule has 0 aliphatic heterocycles. The Hall–Kier alpha value is -1.60. The minimum absolute atomic E-state index is 0.120. The first kappa shape index (κ1) is 23.1. The predicted octanol–water partition coefficient (Wildman–Crippen LogP) is 6.03. The standard InChI is InChI=1S/C23H28ClN3OS2/c1-16-7-10-18(11-8-16)29-15-5-6-20(28)27(14-13-26(3)4)23-25-21-17(2)9-12-19(24)22(21)30-23/h7-12H,5-6,13-15H2,1-4H3. The van der Waals surface area contributed by atoms with Crippen LogP contribution in [0.25, 0.3) is 10.2 Å². The van der Waals surface area contributed by atoms with Gasteiger partial charge in [0, 0.05) is 24.4 Å². The van der Waals surface area contributed by atoms with Gasteiger partial charge in [0.05, 0.1) is 15.2 Å². The Morgan fingerprint density at radius 2 is 1.83 bits per heavy atom. The maximum Gasteiger partial charge on any atom is 0.228 e. The lowest BCUT2D eigenvalue weighted by Gasteiger charge is -2.22. The molecule has 0 radical (unpaired) electrons. The zero-order valence-electron chi connectivity index (χ0n) is 17.9. The molecule has 0 N–H and O–H groups in total. The molecule has 0 spiro atoms. The van der Waals surface area contributed by atoms with Crippen molar-refractivity contribution in [2.45, 2.75) is 31.6 Å². The van der Waals surface area contributed by atoms with Crippen LogP contribution in [0.1, 0.15) is 24.0 Å². The van der Waals surface area contributed by atoms with E-state index in [0.29, 0.717) is 18.0 Å². The summed E-state index contributed by atoms with van der Waals surface area (Å²) in [6.07, 6.45) is 1.34. The van der Waals surface area contributed by atoms with Crippen LogP contribution in [0.5, 0.6) is 0 Å². The molecule has 0 fully saturated rings. The number of rotatable bonds is 9. The molecule has 1 aromatic heterocycles. The summed E-state index contributed by atoms with van der Waals surface area (Å²) in [5.41, 5.74) is 3.23. The van der Waals surface area contributed by atoms with Crippen molar-refractivity contribution in [3.63, 3.8) is 0 Å². The van der Waals surface area contributed by atoms with Crippen molar-refractivity contribution in [3.8, 4) is 0 Å². The topological polar surface area (TPSA) is 36.4 Å². The second-order valence-corrected chi connectivity index (χ2v) is 10.2. The van der Waals surface area contributed by atoms with Crippen molar-refractivity contribution >= 4 is 56.0 Å². The summed E-state index contributed by atoms with van der Waals surface area (Å²) in [7, 11) is 4.03. The highest BCUT2D eigenvalue weighted by Crippen LogP contribution is 2.36. The molecule has 1 heterocycles. The smallest absolute Gasteiger partial charge is 0.228 e. The van der Waals surface area contributed by atoms with Gasteiger partial charge in [0.25, 0.3) is 0 Å². The van der Waals surface area contributed by atoms with E-state index in [1.54, 1.807) is 11.8 Å². The third-order valence-electron chi connectivity index (χ3n) is 4.81. The maximum absolute atomic E-state index is 13.1. The summed E-state index contributed by atoms with van der Waals surface area (Å²) in [6, 6.07) is 12.4. The molecule has 0 bridgehead atoms. The summed E-state index contributed by atoms with van der Waals surface area (Å²) < 4.78 is 0.948. The van der Waals surface area contributed by atoms with Crippen LogP contribution in [-0.4, -0.2) is 48.7 Å². The van der Waals surface area contributed by atoms with Gasteiger partial charge >= 0.3 is 0 Å². The molecular weight excluding hydrogens is 434 g/mol. The number of anilines is 1. The van der Waals surface area contributed by atoms with E-state index < -0.39 is 0 Å². The highest BCUT2D eigenvalue weighted by atomic mass is 35.5. The first-order valence-corrected chi connectivity index (χ1v) is 12.2. The van der Waals surface area contributed by atoms with Gasteiger partial charge in [-0.15, -0.1) is 11.8 Å². The lowest BCUT2D eigenvalue weighted by molar-refractivity contribution is -0.118. The monoisotopic (exact) mass is 461 g/mol. The van der Waals surface area contributed by atoms with Crippen molar-refractivity contribution in [3.05, 3.63) is 52.5 Å². The van der Waals surface area contributed by atoms with E-state index in [-0.39, 0.29) is 5.91 Å². The summed E-state index contributed by atoms with van der Waals surface area (Å²) in [6.45, 7) is 5.52. The number of nitrogens with zero attached hydrogens (tertiary/aromatic N) is 3. The number of aryl methyl sites for hydroxylation is 2. The lowest BCUT2D eigenvalue weighted by atomic mass is 10.2. The molecule has 3 rings (SSSR count). The fourth-order valence-corrected chi connectivity index (χ4v) is 5.23. The Morgan fingerprint density at radius 3 is 2.50 bits per heavy atom. The molecule has 2 aromatic carbocycles. The number of thiazole rings is 1. The summed E-state index contributed by atoms with van der Waals surface area (Å²) in [5.74, 6) is 1.04. The zero-order valence-corrected chi connectivity index (χ0v) is 20.3. The molecule has 160 valence electrons. The van der Waals surface area contributed by atoms with Crippen molar-refractivity contribution in [1.82, 2.24) is 9.88 Å². The minimum Gasteiger partial charge on any atom is -0.308 e. The molecular formula is C23H28ClN3OS2. The highest BCUT2D eigenvalue weighted by Gasteiger charge is 2.21. The van der Waals surface area contributed by atoms with Gasteiger partial charge in [-0.25, -0.2) is 4.98 Å². The molecule has 7 heteroatoms. The first-order chi connectivity index (χ1) is 14.3. The quantitative estimate of drug-likeness (QED) is 0.288. The number of thioether (sulfide) groups is 1. The Morgan fingerprint density at radius 1 is 1.10 bits per heavy atom. The van der Waals surface area contributed by atoms with E-state index in [1.165, 1.54) is 21.8 Å². The number of fused-ring (bicyclic) bond motifs is 1. The first-order valence-electron chi connectivity index (χ1n) is 10.1. The molecule has 3 aromatic rings. The van der Waals surface area contributed by atoms with Gasteiger partial charge in [-0.3, -0.25) is 9.69 Å². The number of benzene rings is 2. The van der Waals surface area contributed by atoms with E-state index in [2.05, 4.69) is 36.1 Å². The Balaban J connectivity index is 1.68. The zero-order chi connectivity index (χ0) is 21.7. The number of amides is 1. The predicted molar refractivity (Wildman–Crippen MR) is 131 cm³/mol. The summed E-state index contributed by atoms with van der Waals surface area (Å²) >= 11 is 9.68. The van der Waals surface area contributed by atoms with Crippen LogP contribution >= 0.6 is 34.7 Å². The summed E-state index contributed by atoms with van der Waals surface area (Å²) in [4.78, 5) is 23.0. The van der Waals surface area contributed by atoms with E-state index >= 15 is 0 Å². The van der Waals surface area contributed by atoms with Crippen LogP contribution in [0.2, 0.25) is 5.02 Å². The van der Waals surface area contributed by atoms with Crippen molar-refractivity contribution in [2.75, 3.05) is 37.8 Å². The van der Waals surface area contributed by atoms with Crippen LogP contribution in [0.3, 0.4) is 0 Å². The normalized spacial score (nSPS) is 11.4. The van der Waals surface area contributed by atoms with Gasteiger partial charge in [-0.05, 0) is 63.9 Å². The Labute approximate surface area is 192 Å². The van der Waals surface area contributed by atoms with Crippen LogP contribution < -0.4 is 4.90 Å². The Kier molecular flexibility index (Phi) is 8.17. The third-order valence-corrected chi connectivity index (χ3v) is 7.45. The van der Waals surface area contributed by atoms with Gasteiger partial charge in [0.2, 0.25) is 5.91 Å². The van der Waals surface area contributed by atoms with Crippen molar-refractivity contribution < 1.29 is 4.79 Å². The van der Waals surface area contributed by atoms with Crippen LogP contribution in [0, 0.1) is 13.8 Å². The third kappa shape index (κ3) is 5.97. The van der Waals surface area contributed by atoms with Crippen LogP contribution in [-0.2, 0) is 4.79 Å². The van der Waals surface area contributed by atoms with Gasteiger partial charge in [0.1, 0.15) is 0 Å². The molecule has 0 unspecified atom stereocenters. The molecule has 0 aliphatic carbocycles. The van der Waals surface area contributed by atoms with Gasteiger partial charge in [-0.2, -0.15) is 0 Å². The largest absolute Gasteiger partial charge is 0.308 e. The maximum atomic E-state index is 13.1. The number of likely N-dealkylation sites (N-methyl/N-ethyl adjacent to an activating group) is 1. The van der Waals surface area contributed by atoms with Crippen molar-refractivity contribution in [1.29, 1.82) is 0 Å². The molecule has 30 heavy (non-hydrogen) atoms. The summed E-state index contributed by atoms with van der Waals surface area (Å²) in [5, 5.41) is 1.42. The molecule has 0 saturated heterocycles. The molecule has 4 nitrogen and oxygen atoms in total. The number of carbonyl (C=O) groups is 1. The average molecular weight is 462 g/mol. The molecule has 1 amide bonds. The van der Waals surface area contributed by atoms with Gasteiger partial charge < -0.3 is 4.90 Å². The van der Waals surface area contributed by atoms with Crippen LogP contribution in [0.4, 0.5) is 5.13 Å². The van der Waals surface area contributed by atoms with E-state index in [4.69, 9.17) is 16.6 Å². The molecule has 0 atom stereocenters. The highest BCUT2D eigenvalue weighted by molar-refractivity contribution is 7.99. The van der Waals surface area contributed by atoms with E-state index in [9.17, 15) is 4.79 Å². The second-order valence-electron chi connectivity index (χ2n) is 7.65. The fourth-order valence-electron chi connectivity index (χ4n) is 3.02. The fraction of sp³-hybridized carbons (Fsp3) is 0.391. The number of carbonyl (C=O) groups excluding carboxylic acids is 1. The van der Waals surface area contributed by atoms with Crippen LogP contribution in [0.15, 0.2) is 41.3 Å². The number of hydrogen-bond acceptors (Lipinski definition) is 5. The molecule has 0 saturated carbocycles. The minimum atomic E-state index is 0.120. The lowest BCUT2D eigenvalue weighted by Crippen LogP contribution is -2.36. The van der Waals surface area contributed by atoms with E-state index in [0.717, 1.165) is 39.6 Å². The average Bonchev–Trinajstić information content (AvgIpc) is 3.16. The molecule has 0 aliphatic rings. The van der Waals surface area contributed by atoms with Crippen molar-refractivity contribution in [2.24, 2.45) is 0 Å². The SMILES string of the molecule is Cc1ccc(SCCCC(=O)N(CCN(C)C)c2nc3c(C)ccc(Cl)c3s2)cc1. The second kappa shape index (κ2) is 10.6.